The molecule has 2 N–H and O–H groups in total. The highest BCUT2D eigenvalue weighted by Crippen LogP contribution is 2.24. The number of hydrogen-bond acceptors (Lipinski definition) is 3. The molecule has 1 aliphatic rings. The molecule has 25 heavy (non-hydrogen) atoms. The fourth-order valence-corrected chi connectivity index (χ4v) is 3.01. The minimum absolute atomic E-state index is 0.0331. The maximum atomic E-state index is 12.1. The van der Waals surface area contributed by atoms with Gasteiger partial charge in [0.15, 0.2) is 0 Å². The van der Waals surface area contributed by atoms with Crippen molar-refractivity contribution in [3.05, 3.63) is 29.3 Å². The molecule has 1 aliphatic carbocycles. The highest BCUT2D eigenvalue weighted by atomic mass is 16.2. The summed E-state index contributed by atoms with van der Waals surface area (Å²) in [5.41, 5.74) is 2.85. The average molecular weight is 345 g/mol. The van der Waals surface area contributed by atoms with E-state index in [0.29, 0.717) is 0 Å². The summed E-state index contributed by atoms with van der Waals surface area (Å²) in [5.74, 6) is -0.557. The number of carbonyl (C=O) groups is 3. The van der Waals surface area contributed by atoms with Crippen LogP contribution in [0.3, 0.4) is 0 Å². The Labute approximate surface area is 149 Å². The van der Waals surface area contributed by atoms with Crippen LogP contribution in [0.5, 0.6) is 0 Å². The number of hydrogen-bond donors (Lipinski definition) is 2. The van der Waals surface area contributed by atoms with Gasteiger partial charge in [-0.2, -0.15) is 0 Å². The minimum Gasteiger partial charge on any atom is -0.347 e. The van der Waals surface area contributed by atoms with Crippen molar-refractivity contribution in [2.75, 3.05) is 25.5 Å². The van der Waals surface area contributed by atoms with Crippen molar-refractivity contribution in [2.24, 2.45) is 5.92 Å². The second-order valence-corrected chi connectivity index (χ2v) is 6.74. The Kier molecular flexibility index (Phi) is 6.56. The molecule has 0 aliphatic heterocycles. The lowest BCUT2D eigenvalue weighted by Crippen LogP contribution is -2.42. The van der Waals surface area contributed by atoms with Crippen molar-refractivity contribution in [3.8, 4) is 0 Å². The van der Waals surface area contributed by atoms with Crippen LogP contribution in [0.1, 0.15) is 36.8 Å². The molecular weight excluding hydrogens is 318 g/mol. The van der Waals surface area contributed by atoms with Gasteiger partial charge in [-0.05, 0) is 43.9 Å². The molecule has 136 valence electrons. The summed E-state index contributed by atoms with van der Waals surface area (Å²) in [4.78, 5) is 37.5. The normalized spacial score (nSPS) is 14.2. The number of amides is 3. The van der Waals surface area contributed by atoms with Gasteiger partial charge in [-0.15, -0.1) is 0 Å². The van der Waals surface area contributed by atoms with E-state index in [2.05, 4.69) is 10.6 Å². The molecule has 1 aromatic carbocycles. The SMILES string of the molecule is Cc1cccc(NC(=O)CN(C)C(=O)CNC(=O)C2CCCC2)c1C. The minimum atomic E-state index is -0.275. The third-order valence-corrected chi connectivity index (χ3v) is 4.83. The van der Waals surface area contributed by atoms with Crippen LogP contribution in [0.25, 0.3) is 0 Å². The highest BCUT2D eigenvalue weighted by molar-refractivity contribution is 5.95. The maximum Gasteiger partial charge on any atom is 0.243 e. The third-order valence-electron chi connectivity index (χ3n) is 4.83. The summed E-state index contributed by atoms with van der Waals surface area (Å²) in [6, 6.07) is 5.70. The summed E-state index contributed by atoms with van der Waals surface area (Å²) >= 11 is 0. The van der Waals surface area contributed by atoms with Gasteiger partial charge >= 0.3 is 0 Å². The number of rotatable bonds is 6. The molecular formula is C19H27N3O3. The summed E-state index contributed by atoms with van der Waals surface area (Å²) in [5, 5.41) is 5.51. The molecule has 0 bridgehead atoms. The predicted molar refractivity (Wildman–Crippen MR) is 97.2 cm³/mol. The van der Waals surface area contributed by atoms with Crippen LogP contribution in [0.15, 0.2) is 18.2 Å². The van der Waals surface area contributed by atoms with E-state index in [4.69, 9.17) is 0 Å². The number of nitrogens with one attached hydrogen (secondary N) is 2. The van der Waals surface area contributed by atoms with Crippen molar-refractivity contribution in [3.63, 3.8) is 0 Å². The zero-order chi connectivity index (χ0) is 18.4. The summed E-state index contributed by atoms with van der Waals surface area (Å²) in [6.07, 6.45) is 3.94. The van der Waals surface area contributed by atoms with Crippen LogP contribution in [0, 0.1) is 19.8 Å². The maximum absolute atomic E-state index is 12.1. The van der Waals surface area contributed by atoms with Crippen molar-refractivity contribution in [1.29, 1.82) is 0 Å². The molecule has 3 amide bonds. The Morgan fingerprint density at radius 1 is 1.16 bits per heavy atom. The molecule has 0 saturated heterocycles. The lowest BCUT2D eigenvalue weighted by Gasteiger charge is -2.18. The van der Waals surface area contributed by atoms with Gasteiger partial charge in [0.05, 0.1) is 13.1 Å². The van der Waals surface area contributed by atoms with Gasteiger partial charge in [0.2, 0.25) is 17.7 Å². The number of aryl methyl sites for hydroxylation is 1. The van der Waals surface area contributed by atoms with E-state index in [-0.39, 0.29) is 36.7 Å². The molecule has 0 heterocycles. The van der Waals surface area contributed by atoms with Crippen molar-refractivity contribution >= 4 is 23.4 Å². The fourth-order valence-electron chi connectivity index (χ4n) is 3.01. The van der Waals surface area contributed by atoms with Gasteiger partial charge in [0, 0.05) is 18.7 Å². The van der Waals surface area contributed by atoms with E-state index in [1.54, 1.807) is 7.05 Å². The van der Waals surface area contributed by atoms with Gasteiger partial charge in [0.25, 0.3) is 0 Å². The van der Waals surface area contributed by atoms with E-state index < -0.39 is 0 Å². The molecule has 6 nitrogen and oxygen atoms in total. The first-order valence-corrected chi connectivity index (χ1v) is 8.76. The lowest BCUT2D eigenvalue weighted by molar-refractivity contribution is -0.134. The Bertz CT molecular complexity index is 651. The summed E-state index contributed by atoms with van der Waals surface area (Å²) in [7, 11) is 1.56. The standard InChI is InChI=1S/C19H27N3O3/c1-13-7-6-10-16(14(13)2)21-17(23)12-22(3)18(24)11-20-19(25)15-8-4-5-9-15/h6-7,10,15H,4-5,8-9,11-12H2,1-3H3,(H,20,25)(H,21,23). The van der Waals surface area contributed by atoms with E-state index in [9.17, 15) is 14.4 Å². The number of anilines is 1. The molecule has 0 radical (unpaired) electrons. The lowest BCUT2D eigenvalue weighted by atomic mass is 10.1. The smallest absolute Gasteiger partial charge is 0.243 e. The van der Waals surface area contributed by atoms with E-state index >= 15 is 0 Å². The molecule has 0 aromatic heterocycles. The van der Waals surface area contributed by atoms with E-state index in [0.717, 1.165) is 42.5 Å². The number of nitrogens with zero attached hydrogens (tertiary/aromatic N) is 1. The second kappa shape index (κ2) is 8.65. The highest BCUT2D eigenvalue weighted by Gasteiger charge is 2.23. The Hall–Kier alpha value is -2.37. The Balaban J connectivity index is 1.78. The quantitative estimate of drug-likeness (QED) is 0.828. The predicted octanol–water partition coefficient (Wildman–Crippen LogP) is 2.01. The largest absolute Gasteiger partial charge is 0.347 e. The molecule has 1 saturated carbocycles. The average Bonchev–Trinajstić information content (AvgIpc) is 3.11. The molecule has 0 atom stereocenters. The van der Waals surface area contributed by atoms with Crippen molar-refractivity contribution in [1.82, 2.24) is 10.2 Å². The Morgan fingerprint density at radius 2 is 1.84 bits per heavy atom. The molecule has 0 spiro atoms. The van der Waals surface area contributed by atoms with E-state index in [1.165, 1.54) is 4.90 Å². The van der Waals surface area contributed by atoms with Gasteiger partial charge in [0.1, 0.15) is 0 Å². The first kappa shape index (κ1) is 19.0. The number of likely N-dealkylation sites (N-methyl/N-ethyl adjacent to an activating group) is 1. The van der Waals surface area contributed by atoms with E-state index in [1.807, 2.05) is 32.0 Å². The number of benzene rings is 1. The monoisotopic (exact) mass is 345 g/mol. The summed E-state index contributed by atoms with van der Waals surface area (Å²) in [6.45, 7) is 3.81. The summed E-state index contributed by atoms with van der Waals surface area (Å²) < 4.78 is 0. The molecule has 2 rings (SSSR count). The zero-order valence-electron chi connectivity index (χ0n) is 15.2. The van der Waals surface area contributed by atoms with Crippen LogP contribution in [-0.2, 0) is 14.4 Å². The van der Waals surface area contributed by atoms with Crippen LogP contribution in [0.4, 0.5) is 5.69 Å². The van der Waals surface area contributed by atoms with Crippen LogP contribution >= 0.6 is 0 Å². The van der Waals surface area contributed by atoms with Gasteiger partial charge in [-0.1, -0.05) is 25.0 Å². The first-order valence-electron chi connectivity index (χ1n) is 8.76. The topological polar surface area (TPSA) is 78.5 Å². The van der Waals surface area contributed by atoms with Crippen LogP contribution in [0.2, 0.25) is 0 Å². The van der Waals surface area contributed by atoms with Crippen LogP contribution in [-0.4, -0.2) is 42.8 Å². The molecule has 0 unspecified atom stereocenters. The molecule has 1 aromatic rings. The van der Waals surface area contributed by atoms with Crippen molar-refractivity contribution in [2.45, 2.75) is 39.5 Å². The van der Waals surface area contributed by atoms with Gasteiger partial charge in [-0.3, -0.25) is 14.4 Å². The molecule has 1 fully saturated rings. The second-order valence-electron chi connectivity index (χ2n) is 6.74. The zero-order valence-corrected chi connectivity index (χ0v) is 15.2. The van der Waals surface area contributed by atoms with Gasteiger partial charge in [-0.25, -0.2) is 0 Å². The molecule has 6 heteroatoms. The van der Waals surface area contributed by atoms with Crippen LogP contribution < -0.4 is 10.6 Å². The first-order chi connectivity index (χ1) is 11.9. The number of carbonyl (C=O) groups excluding carboxylic acids is 3. The van der Waals surface area contributed by atoms with Crippen molar-refractivity contribution < 1.29 is 14.4 Å². The third kappa shape index (κ3) is 5.31. The Morgan fingerprint density at radius 3 is 2.52 bits per heavy atom. The van der Waals surface area contributed by atoms with Gasteiger partial charge < -0.3 is 15.5 Å². The fraction of sp³-hybridized carbons (Fsp3) is 0.526.